The molecule has 1 aromatic rings. The first-order valence-electron chi connectivity index (χ1n) is 3.79. The molecule has 0 aliphatic carbocycles. The van der Waals surface area contributed by atoms with Gasteiger partial charge in [0.15, 0.2) is 5.76 Å². The number of fused-ring (bicyclic) bond motifs is 1. The number of aromatic nitrogens is 1. The minimum atomic E-state index is 0.461. The SMILES string of the molecule is NCc1onc2c1CCNC2. The monoisotopic (exact) mass is 153 g/mol. The molecule has 4 heteroatoms. The molecule has 0 amide bonds. The van der Waals surface area contributed by atoms with Crippen molar-refractivity contribution >= 4 is 0 Å². The Morgan fingerprint density at radius 2 is 2.55 bits per heavy atom. The molecule has 0 spiro atoms. The van der Waals surface area contributed by atoms with Crippen LogP contribution in [0.2, 0.25) is 0 Å². The fourth-order valence-corrected chi connectivity index (χ4v) is 1.38. The Hall–Kier alpha value is -0.870. The van der Waals surface area contributed by atoms with Crippen molar-refractivity contribution in [3.8, 4) is 0 Å². The Balaban J connectivity index is 2.38. The van der Waals surface area contributed by atoms with Crippen LogP contribution in [0.25, 0.3) is 0 Å². The molecule has 0 unspecified atom stereocenters. The van der Waals surface area contributed by atoms with E-state index in [2.05, 4.69) is 10.5 Å². The minimum Gasteiger partial charge on any atom is -0.359 e. The van der Waals surface area contributed by atoms with E-state index in [4.69, 9.17) is 10.3 Å². The predicted octanol–water partition coefficient (Wildman–Crippen LogP) is -0.221. The second-order valence-electron chi connectivity index (χ2n) is 2.66. The van der Waals surface area contributed by atoms with Gasteiger partial charge in [0.25, 0.3) is 0 Å². The molecule has 2 heterocycles. The quantitative estimate of drug-likeness (QED) is 0.585. The zero-order valence-electron chi connectivity index (χ0n) is 6.26. The Morgan fingerprint density at radius 1 is 1.64 bits per heavy atom. The zero-order valence-corrected chi connectivity index (χ0v) is 6.26. The lowest BCUT2D eigenvalue weighted by Gasteiger charge is -2.10. The molecule has 0 aromatic carbocycles. The van der Waals surface area contributed by atoms with Gasteiger partial charge in [-0.15, -0.1) is 0 Å². The van der Waals surface area contributed by atoms with Crippen LogP contribution in [0.15, 0.2) is 4.52 Å². The number of hydrogen-bond acceptors (Lipinski definition) is 4. The van der Waals surface area contributed by atoms with Gasteiger partial charge in [0.2, 0.25) is 0 Å². The molecule has 3 N–H and O–H groups in total. The van der Waals surface area contributed by atoms with E-state index in [-0.39, 0.29) is 0 Å². The van der Waals surface area contributed by atoms with E-state index in [1.165, 1.54) is 5.56 Å². The van der Waals surface area contributed by atoms with E-state index in [0.29, 0.717) is 6.54 Å². The molecule has 0 radical (unpaired) electrons. The molecule has 0 fully saturated rings. The van der Waals surface area contributed by atoms with Gasteiger partial charge in [-0.2, -0.15) is 0 Å². The van der Waals surface area contributed by atoms with E-state index in [9.17, 15) is 0 Å². The lowest BCUT2D eigenvalue weighted by atomic mass is 10.1. The highest BCUT2D eigenvalue weighted by atomic mass is 16.5. The molecule has 1 aliphatic heterocycles. The van der Waals surface area contributed by atoms with E-state index in [1.807, 2.05) is 0 Å². The third kappa shape index (κ3) is 1.04. The molecule has 0 saturated carbocycles. The molecule has 11 heavy (non-hydrogen) atoms. The molecule has 2 rings (SSSR count). The first-order valence-corrected chi connectivity index (χ1v) is 3.79. The van der Waals surface area contributed by atoms with Crippen LogP contribution in [-0.2, 0) is 19.5 Å². The topological polar surface area (TPSA) is 64.1 Å². The first kappa shape index (κ1) is 6.82. The van der Waals surface area contributed by atoms with Crippen LogP contribution in [0.3, 0.4) is 0 Å². The molecule has 0 saturated heterocycles. The summed E-state index contributed by atoms with van der Waals surface area (Å²) in [5.74, 6) is 0.849. The van der Waals surface area contributed by atoms with Gasteiger partial charge in [-0.05, 0) is 13.0 Å². The van der Waals surface area contributed by atoms with Crippen LogP contribution in [0.5, 0.6) is 0 Å². The summed E-state index contributed by atoms with van der Waals surface area (Å²) in [7, 11) is 0. The third-order valence-corrected chi connectivity index (χ3v) is 1.98. The molecule has 4 nitrogen and oxygen atoms in total. The van der Waals surface area contributed by atoms with Crippen molar-refractivity contribution in [3.63, 3.8) is 0 Å². The van der Waals surface area contributed by atoms with Gasteiger partial charge in [-0.3, -0.25) is 0 Å². The fraction of sp³-hybridized carbons (Fsp3) is 0.571. The zero-order chi connectivity index (χ0) is 7.68. The summed E-state index contributed by atoms with van der Waals surface area (Å²) in [6, 6.07) is 0. The van der Waals surface area contributed by atoms with Gasteiger partial charge in [0.1, 0.15) is 5.69 Å². The number of nitrogens with zero attached hydrogens (tertiary/aromatic N) is 1. The second-order valence-corrected chi connectivity index (χ2v) is 2.66. The summed E-state index contributed by atoms with van der Waals surface area (Å²) >= 11 is 0. The van der Waals surface area contributed by atoms with Crippen molar-refractivity contribution < 1.29 is 4.52 Å². The van der Waals surface area contributed by atoms with E-state index >= 15 is 0 Å². The van der Waals surface area contributed by atoms with Crippen LogP contribution in [0.4, 0.5) is 0 Å². The summed E-state index contributed by atoms with van der Waals surface area (Å²) in [5.41, 5.74) is 7.70. The standard InChI is InChI=1S/C7H11N3O/c8-3-7-5-1-2-9-4-6(5)10-11-7/h9H,1-4,8H2. The number of nitrogens with two attached hydrogens (primary N) is 1. The van der Waals surface area contributed by atoms with Gasteiger partial charge >= 0.3 is 0 Å². The molecular formula is C7H11N3O. The number of hydrogen-bond donors (Lipinski definition) is 2. The average molecular weight is 153 g/mol. The van der Waals surface area contributed by atoms with E-state index in [1.54, 1.807) is 0 Å². The molecule has 0 atom stereocenters. The van der Waals surface area contributed by atoms with Crippen LogP contribution in [0.1, 0.15) is 17.0 Å². The molecule has 1 aliphatic rings. The van der Waals surface area contributed by atoms with Crippen LogP contribution >= 0.6 is 0 Å². The van der Waals surface area contributed by atoms with Gasteiger partial charge < -0.3 is 15.6 Å². The first-order chi connectivity index (χ1) is 5.42. The Bertz CT molecular complexity index is 243. The van der Waals surface area contributed by atoms with Crippen molar-refractivity contribution in [1.82, 2.24) is 10.5 Å². The Morgan fingerprint density at radius 3 is 3.36 bits per heavy atom. The summed E-state index contributed by atoms with van der Waals surface area (Å²) < 4.78 is 5.05. The maximum Gasteiger partial charge on any atom is 0.153 e. The third-order valence-electron chi connectivity index (χ3n) is 1.98. The average Bonchev–Trinajstić information content (AvgIpc) is 2.47. The molecule has 0 bridgehead atoms. The predicted molar refractivity (Wildman–Crippen MR) is 39.8 cm³/mol. The molecular weight excluding hydrogens is 142 g/mol. The molecule has 1 aromatic heterocycles. The van der Waals surface area contributed by atoms with Gasteiger partial charge in [-0.1, -0.05) is 5.16 Å². The van der Waals surface area contributed by atoms with Crippen LogP contribution < -0.4 is 11.1 Å². The van der Waals surface area contributed by atoms with Crippen molar-refractivity contribution in [1.29, 1.82) is 0 Å². The van der Waals surface area contributed by atoms with Gasteiger partial charge in [0, 0.05) is 12.1 Å². The van der Waals surface area contributed by atoms with Crippen molar-refractivity contribution in [2.24, 2.45) is 5.73 Å². The number of nitrogens with one attached hydrogen (secondary N) is 1. The summed E-state index contributed by atoms with van der Waals surface area (Å²) in [6.07, 6.45) is 0.991. The summed E-state index contributed by atoms with van der Waals surface area (Å²) in [6.45, 7) is 2.28. The second kappa shape index (κ2) is 2.64. The van der Waals surface area contributed by atoms with Gasteiger partial charge in [0.05, 0.1) is 6.54 Å². The maximum atomic E-state index is 5.46. The van der Waals surface area contributed by atoms with Crippen LogP contribution in [0, 0.1) is 0 Å². The van der Waals surface area contributed by atoms with Crippen molar-refractivity contribution in [2.45, 2.75) is 19.5 Å². The van der Waals surface area contributed by atoms with Crippen molar-refractivity contribution in [3.05, 3.63) is 17.0 Å². The highest BCUT2D eigenvalue weighted by Crippen LogP contribution is 2.16. The van der Waals surface area contributed by atoms with E-state index in [0.717, 1.165) is 31.0 Å². The highest BCUT2D eigenvalue weighted by molar-refractivity contribution is 5.25. The normalized spacial score (nSPS) is 16.5. The lowest BCUT2D eigenvalue weighted by molar-refractivity contribution is 0.377. The fourth-order valence-electron chi connectivity index (χ4n) is 1.38. The Labute approximate surface area is 64.7 Å². The molecule has 60 valence electrons. The number of rotatable bonds is 1. The largest absolute Gasteiger partial charge is 0.359 e. The lowest BCUT2D eigenvalue weighted by Crippen LogP contribution is -2.23. The van der Waals surface area contributed by atoms with Gasteiger partial charge in [-0.25, -0.2) is 0 Å². The van der Waals surface area contributed by atoms with E-state index < -0.39 is 0 Å². The minimum absolute atomic E-state index is 0.461. The summed E-state index contributed by atoms with van der Waals surface area (Å²) in [4.78, 5) is 0. The summed E-state index contributed by atoms with van der Waals surface area (Å²) in [5, 5.41) is 7.13. The van der Waals surface area contributed by atoms with Crippen molar-refractivity contribution in [2.75, 3.05) is 6.54 Å². The highest BCUT2D eigenvalue weighted by Gasteiger charge is 2.17. The van der Waals surface area contributed by atoms with Crippen LogP contribution in [-0.4, -0.2) is 11.7 Å². The smallest absolute Gasteiger partial charge is 0.153 e. The Kier molecular flexibility index (Phi) is 1.63. The maximum absolute atomic E-state index is 5.46.